The maximum absolute atomic E-state index is 12.8. The first-order chi connectivity index (χ1) is 10.1. The summed E-state index contributed by atoms with van der Waals surface area (Å²) in [5, 5.41) is 4.14. The second-order valence-corrected chi connectivity index (χ2v) is 7.12. The van der Waals surface area contributed by atoms with Crippen molar-refractivity contribution in [2.45, 2.75) is 38.6 Å². The molecule has 1 fully saturated rings. The molecule has 0 radical (unpaired) electrons. The summed E-state index contributed by atoms with van der Waals surface area (Å²) >= 11 is 8.25. The van der Waals surface area contributed by atoms with Gasteiger partial charge in [-0.1, -0.05) is 24.9 Å². The third-order valence-electron chi connectivity index (χ3n) is 3.79. The van der Waals surface area contributed by atoms with Gasteiger partial charge in [0.05, 0.1) is 5.56 Å². The van der Waals surface area contributed by atoms with Crippen LogP contribution in [0.15, 0.2) is 18.2 Å². The summed E-state index contributed by atoms with van der Waals surface area (Å²) in [6, 6.07) is 5.93. The SMILES string of the molecule is CCCN(CC1CCCCN1)C(=O)c1cc(Cl)ccc1I. The van der Waals surface area contributed by atoms with Gasteiger partial charge in [0.25, 0.3) is 5.91 Å². The Balaban J connectivity index is 2.12. The minimum atomic E-state index is 0.0936. The first-order valence-electron chi connectivity index (χ1n) is 7.59. The minimum Gasteiger partial charge on any atom is -0.337 e. The topological polar surface area (TPSA) is 32.3 Å². The van der Waals surface area contributed by atoms with Gasteiger partial charge in [0.2, 0.25) is 0 Å². The zero-order valence-electron chi connectivity index (χ0n) is 12.4. The summed E-state index contributed by atoms with van der Waals surface area (Å²) < 4.78 is 0.958. The molecule has 0 aromatic heterocycles. The van der Waals surface area contributed by atoms with Crippen LogP contribution in [0.4, 0.5) is 0 Å². The van der Waals surface area contributed by atoms with E-state index in [0.717, 1.165) is 36.0 Å². The third kappa shape index (κ3) is 4.83. The predicted octanol–water partition coefficient (Wildman–Crippen LogP) is 3.94. The maximum Gasteiger partial charge on any atom is 0.255 e. The van der Waals surface area contributed by atoms with Gasteiger partial charge in [0.15, 0.2) is 0 Å². The number of rotatable bonds is 5. The van der Waals surface area contributed by atoms with Gasteiger partial charge < -0.3 is 10.2 Å². The van der Waals surface area contributed by atoms with Crippen molar-refractivity contribution in [1.29, 1.82) is 0 Å². The smallest absolute Gasteiger partial charge is 0.255 e. The number of halogens is 2. The van der Waals surface area contributed by atoms with E-state index < -0.39 is 0 Å². The molecule has 1 aliphatic heterocycles. The molecule has 1 aromatic rings. The molecule has 1 heterocycles. The molecule has 21 heavy (non-hydrogen) atoms. The molecule has 0 spiro atoms. The van der Waals surface area contributed by atoms with Crippen LogP contribution in [0.5, 0.6) is 0 Å². The van der Waals surface area contributed by atoms with E-state index in [1.807, 2.05) is 17.0 Å². The fourth-order valence-electron chi connectivity index (χ4n) is 2.72. The molecule has 1 aliphatic rings. The number of carbonyl (C=O) groups excluding carboxylic acids is 1. The van der Waals surface area contributed by atoms with Crippen LogP contribution in [-0.4, -0.2) is 36.5 Å². The van der Waals surface area contributed by atoms with Crippen LogP contribution in [0.2, 0.25) is 5.02 Å². The van der Waals surface area contributed by atoms with Crippen molar-refractivity contribution in [2.75, 3.05) is 19.6 Å². The zero-order chi connectivity index (χ0) is 15.2. The molecule has 0 saturated carbocycles. The molecule has 1 unspecified atom stereocenters. The molecule has 2 rings (SSSR count). The Morgan fingerprint density at radius 3 is 2.95 bits per heavy atom. The average molecular weight is 421 g/mol. The Bertz CT molecular complexity index is 489. The molecule has 116 valence electrons. The van der Waals surface area contributed by atoms with Gasteiger partial charge in [0.1, 0.15) is 0 Å². The number of hydrogen-bond acceptors (Lipinski definition) is 2. The zero-order valence-corrected chi connectivity index (χ0v) is 15.3. The summed E-state index contributed by atoms with van der Waals surface area (Å²) in [6.45, 7) is 4.75. The van der Waals surface area contributed by atoms with Crippen molar-refractivity contribution in [3.63, 3.8) is 0 Å². The van der Waals surface area contributed by atoms with Gasteiger partial charge in [0, 0.05) is 27.7 Å². The Labute approximate surface area is 145 Å². The first-order valence-corrected chi connectivity index (χ1v) is 9.05. The monoisotopic (exact) mass is 420 g/mol. The molecule has 5 heteroatoms. The summed E-state index contributed by atoms with van der Waals surface area (Å²) in [7, 11) is 0. The molecular weight excluding hydrogens is 399 g/mol. The molecule has 0 aliphatic carbocycles. The fourth-order valence-corrected chi connectivity index (χ4v) is 3.46. The number of carbonyl (C=O) groups is 1. The van der Waals surface area contributed by atoms with Gasteiger partial charge in [-0.15, -0.1) is 0 Å². The maximum atomic E-state index is 12.8. The van der Waals surface area contributed by atoms with Crippen LogP contribution in [0.3, 0.4) is 0 Å². The highest BCUT2D eigenvalue weighted by Crippen LogP contribution is 2.20. The van der Waals surface area contributed by atoms with E-state index in [-0.39, 0.29) is 5.91 Å². The van der Waals surface area contributed by atoms with Crippen LogP contribution < -0.4 is 5.32 Å². The number of piperidine rings is 1. The minimum absolute atomic E-state index is 0.0936. The summed E-state index contributed by atoms with van der Waals surface area (Å²) in [5.41, 5.74) is 0.715. The Morgan fingerprint density at radius 1 is 1.48 bits per heavy atom. The van der Waals surface area contributed by atoms with Crippen LogP contribution in [0, 0.1) is 3.57 Å². The van der Waals surface area contributed by atoms with Gasteiger partial charge in [-0.05, 0) is 66.6 Å². The van der Waals surface area contributed by atoms with Crippen LogP contribution in [0.25, 0.3) is 0 Å². The van der Waals surface area contributed by atoms with Crippen molar-refractivity contribution < 1.29 is 4.79 Å². The van der Waals surface area contributed by atoms with Crippen molar-refractivity contribution in [3.05, 3.63) is 32.4 Å². The lowest BCUT2D eigenvalue weighted by Crippen LogP contribution is -2.46. The van der Waals surface area contributed by atoms with E-state index in [2.05, 4.69) is 34.8 Å². The van der Waals surface area contributed by atoms with Crippen molar-refractivity contribution >= 4 is 40.1 Å². The van der Waals surface area contributed by atoms with Crippen molar-refractivity contribution in [1.82, 2.24) is 10.2 Å². The van der Waals surface area contributed by atoms with E-state index in [1.54, 1.807) is 6.07 Å². The Kier molecular flexibility index (Phi) is 6.76. The number of nitrogens with one attached hydrogen (secondary N) is 1. The normalized spacial score (nSPS) is 18.5. The Morgan fingerprint density at radius 2 is 2.29 bits per heavy atom. The van der Waals surface area contributed by atoms with Crippen LogP contribution in [-0.2, 0) is 0 Å². The van der Waals surface area contributed by atoms with Crippen LogP contribution >= 0.6 is 34.2 Å². The lowest BCUT2D eigenvalue weighted by Gasteiger charge is -2.30. The average Bonchev–Trinajstić information content (AvgIpc) is 2.49. The molecule has 1 N–H and O–H groups in total. The molecule has 3 nitrogen and oxygen atoms in total. The predicted molar refractivity (Wildman–Crippen MR) is 96.0 cm³/mol. The standard InChI is InChI=1S/C16H22ClIN2O/c1-2-9-20(11-13-5-3-4-8-19-13)16(21)14-10-12(17)6-7-15(14)18/h6-7,10,13,19H,2-5,8-9,11H2,1H3. The number of hydrogen-bond donors (Lipinski definition) is 1. The second-order valence-electron chi connectivity index (χ2n) is 5.52. The van der Waals surface area contributed by atoms with E-state index in [0.29, 0.717) is 16.6 Å². The Hall–Kier alpha value is -0.330. The van der Waals surface area contributed by atoms with Gasteiger partial charge in [-0.25, -0.2) is 0 Å². The van der Waals surface area contributed by atoms with E-state index in [9.17, 15) is 4.79 Å². The highest BCUT2D eigenvalue weighted by Gasteiger charge is 2.22. The van der Waals surface area contributed by atoms with Gasteiger partial charge in [-0.3, -0.25) is 4.79 Å². The number of benzene rings is 1. The van der Waals surface area contributed by atoms with Gasteiger partial charge in [-0.2, -0.15) is 0 Å². The van der Waals surface area contributed by atoms with Gasteiger partial charge >= 0.3 is 0 Å². The lowest BCUT2D eigenvalue weighted by atomic mass is 10.0. The van der Waals surface area contributed by atoms with E-state index in [4.69, 9.17) is 11.6 Å². The summed E-state index contributed by atoms with van der Waals surface area (Å²) in [5.74, 6) is 0.0936. The van der Waals surface area contributed by atoms with Crippen molar-refractivity contribution in [3.8, 4) is 0 Å². The molecule has 1 amide bonds. The highest BCUT2D eigenvalue weighted by atomic mass is 127. The first kappa shape index (κ1) is 17.0. The molecule has 1 atom stereocenters. The molecule has 0 bridgehead atoms. The molecule has 1 saturated heterocycles. The van der Waals surface area contributed by atoms with Crippen LogP contribution in [0.1, 0.15) is 43.0 Å². The summed E-state index contributed by atoms with van der Waals surface area (Å²) in [4.78, 5) is 14.8. The summed E-state index contributed by atoms with van der Waals surface area (Å²) in [6.07, 6.45) is 4.61. The molecular formula is C16H22ClIN2O. The van der Waals surface area contributed by atoms with E-state index in [1.165, 1.54) is 12.8 Å². The largest absolute Gasteiger partial charge is 0.337 e. The molecule has 1 aromatic carbocycles. The fraction of sp³-hybridized carbons (Fsp3) is 0.562. The quantitative estimate of drug-likeness (QED) is 0.732. The third-order valence-corrected chi connectivity index (χ3v) is 4.97. The van der Waals surface area contributed by atoms with E-state index >= 15 is 0 Å². The number of nitrogens with zero attached hydrogens (tertiary/aromatic N) is 1. The lowest BCUT2D eigenvalue weighted by molar-refractivity contribution is 0.0730. The second kappa shape index (κ2) is 8.34. The van der Waals surface area contributed by atoms with Crippen molar-refractivity contribution in [2.24, 2.45) is 0 Å². The number of amides is 1. The highest BCUT2D eigenvalue weighted by molar-refractivity contribution is 14.1.